The van der Waals surface area contributed by atoms with Gasteiger partial charge in [0.15, 0.2) is 0 Å². The molecule has 0 spiro atoms. The van der Waals surface area contributed by atoms with E-state index in [4.69, 9.17) is 20.8 Å². The Bertz CT molecular complexity index is 11.7. The van der Waals surface area contributed by atoms with Gasteiger partial charge in [0.2, 0.25) is 0 Å². The molecule has 0 saturated carbocycles. The van der Waals surface area contributed by atoms with Crippen LogP contribution in [0.4, 0.5) is 0 Å². The van der Waals surface area contributed by atoms with Gasteiger partial charge in [0.1, 0.15) is 0 Å². The molecular formula is H6N2O4Pt. The van der Waals surface area contributed by atoms with Gasteiger partial charge in [0, 0.05) is 21.1 Å². The molecule has 0 aromatic rings. The van der Waals surface area contributed by atoms with Gasteiger partial charge in [-0.1, -0.05) is 11.3 Å². The molecule has 50 valence electrons. The van der Waals surface area contributed by atoms with Crippen molar-refractivity contribution in [2.24, 2.45) is 0 Å². The van der Waals surface area contributed by atoms with Gasteiger partial charge >= 0.3 is 0 Å². The van der Waals surface area contributed by atoms with Gasteiger partial charge in [-0.2, -0.15) is 0 Å². The van der Waals surface area contributed by atoms with Gasteiger partial charge in [-0.15, -0.1) is 0 Å². The van der Waals surface area contributed by atoms with Crippen LogP contribution in [0.3, 0.4) is 0 Å². The zero-order valence-corrected chi connectivity index (χ0v) is 5.38. The van der Waals surface area contributed by atoms with Crippen molar-refractivity contribution in [3.8, 4) is 0 Å². The summed E-state index contributed by atoms with van der Waals surface area (Å²) in [5.41, 5.74) is 1.50. The average Bonchev–Trinajstić information content (AvgIpc) is 1.39. The maximum absolute atomic E-state index is 6.88. The molecule has 0 aliphatic heterocycles. The summed E-state index contributed by atoms with van der Waals surface area (Å²) in [7, 11) is 0. The van der Waals surface area contributed by atoms with E-state index >= 15 is 0 Å². The summed E-state index contributed by atoms with van der Waals surface area (Å²) >= 11 is 0. The third-order valence-electron chi connectivity index (χ3n) is 0. The molecule has 6 nitrogen and oxygen atoms in total. The Morgan fingerprint density at radius 2 is 0.714 bits per heavy atom. The molecule has 0 fully saturated rings. The van der Waals surface area contributed by atoms with Crippen LogP contribution in [0.1, 0.15) is 0 Å². The Labute approximate surface area is 53.9 Å². The Hall–Kier alpha value is 0.448. The molecule has 7 heavy (non-hydrogen) atoms. The quantitative estimate of drug-likeness (QED) is 0.310. The van der Waals surface area contributed by atoms with Crippen molar-refractivity contribution in [2.45, 2.75) is 0 Å². The van der Waals surface area contributed by atoms with Crippen LogP contribution in [0.5, 0.6) is 0 Å². The minimum Gasteiger partial charge on any atom is -0.292 e. The van der Waals surface area contributed by atoms with Crippen LogP contribution in [0, 0.1) is 0 Å². The van der Waals surface area contributed by atoms with Crippen molar-refractivity contribution in [3.63, 3.8) is 0 Å². The Kier molecular flexibility index (Phi) is 71.4. The van der Waals surface area contributed by atoms with E-state index in [-0.39, 0.29) is 21.1 Å². The van der Waals surface area contributed by atoms with E-state index in [2.05, 4.69) is 0 Å². The van der Waals surface area contributed by atoms with E-state index < -0.39 is 0 Å². The first-order chi connectivity index (χ1) is 2.83. The first-order valence-corrected chi connectivity index (χ1v) is 0.894. The SMILES string of the molecule is ONO.ONO.[Pt]. The Morgan fingerprint density at radius 3 is 0.714 bits per heavy atom. The maximum atomic E-state index is 6.88. The maximum Gasteiger partial charge on any atom is 0 e. The van der Waals surface area contributed by atoms with Gasteiger partial charge < -0.3 is 0 Å². The van der Waals surface area contributed by atoms with Crippen LogP contribution in [0.15, 0.2) is 0 Å². The molecular weight excluding hydrogens is 287 g/mol. The predicted molar refractivity (Wildman–Crippen MR) is 13.4 cm³/mol. The summed E-state index contributed by atoms with van der Waals surface area (Å²) in [5, 5.41) is 27.5. The second kappa shape index (κ2) is 31.9. The minimum atomic E-state index is 0. The molecule has 0 amide bonds. The summed E-state index contributed by atoms with van der Waals surface area (Å²) in [4.78, 5) is 0. The molecule has 0 unspecified atom stereocenters. The van der Waals surface area contributed by atoms with Gasteiger partial charge in [0.25, 0.3) is 0 Å². The molecule has 0 saturated heterocycles. The molecule has 7 heteroatoms. The van der Waals surface area contributed by atoms with Crippen LogP contribution in [0.25, 0.3) is 0 Å². The van der Waals surface area contributed by atoms with Gasteiger partial charge in [-0.05, 0) is 0 Å². The standard InChI is InChI=1S/2H3NO2.Pt/c2*2-1-3;/h2*1-3H;. The van der Waals surface area contributed by atoms with Crippen LogP contribution < -0.4 is 11.3 Å². The fourth-order valence-electron chi connectivity index (χ4n) is 0. The van der Waals surface area contributed by atoms with Crippen molar-refractivity contribution in [1.29, 1.82) is 0 Å². The molecule has 0 atom stereocenters. The summed E-state index contributed by atoms with van der Waals surface area (Å²) in [6.45, 7) is 0. The van der Waals surface area contributed by atoms with Crippen LogP contribution in [-0.4, -0.2) is 20.8 Å². The van der Waals surface area contributed by atoms with E-state index in [1.807, 2.05) is 0 Å². The molecule has 0 bridgehead atoms. The topological polar surface area (TPSA) is 105 Å². The zero-order valence-electron chi connectivity index (χ0n) is 3.11. The molecule has 0 rings (SSSR count). The fourth-order valence-corrected chi connectivity index (χ4v) is 0. The van der Waals surface area contributed by atoms with E-state index in [1.165, 1.54) is 0 Å². The predicted octanol–water partition coefficient (Wildman–Crippen LogP) is -1.29. The van der Waals surface area contributed by atoms with Crippen LogP contribution in [0.2, 0.25) is 0 Å². The smallest absolute Gasteiger partial charge is 0 e. The Morgan fingerprint density at radius 1 is 0.714 bits per heavy atom. The van der Waals surface area contributed by atoms with E-state index in [1.54, 1.807) is 0 Å². The largest absolute Gasteiger partial charge is 0.292 e. The molecule has 0 radical (unpaired) electrons. The number of nitrogens with one attached hydrogen (secondary N) is 2. The zero-order chi connectivity index (χ0) is 5.41. The summed E-state index contributed by atoms with van der Waals surface area (Å²) in [6, 6.07) is 0. The number of rotatable bonds is 0. The molecule has 0 aromatic carbocycles. The van der Waals surface area contributed by atoms with Crippen LogP contribution in [-0.2, 0) is 21.1 Å². The van der Waals surface area contributed by atoms with Crippen molar-refractivity contribution >= 4 is 0 Å². The van der Waals surface area contributed by atoms with Gasteiger partial charge in [-0.25, -0.2) is 0 Å². The van der Waals surface area contributed by atoms with Gasteiger partial charge in [-0.3, -0.25) is 20.8 Å². The monoisotopic (exact) mass is 293 g/mol. The first-order valence-electron chi connectivity index (χ1n) is 0.894. The fraction of sp³-hybridized carbons (Fsp3) is 0. The van der Waals surface area contributed by atoms with E-state index in [0.717, 1.165) is 11.3 Å². The van der Waals surface area contributed by atoms with Crippen molar-refractivity contribution in [1.82, 2.24) is 11.3 Å². The first kappa shape index (κ1) is 15.7. The second-order valence-corrected chi connectivity index (χ2v) is 0.200. The van der Waals surface area contributed by atoms with Crippen molar-refractivity contribution in [3.05, 3.63) is 0 Å². The summed E-state index contributed by atoms with van der Waals surface area (Å²) < 4.78 is 0. The molecule has 0 aliphatic carbocycles. The van der Waals surface area contributed by atoms with E-state index in [0.29, 0.717) is 0 Å². The summed E-state index contributed by atoms with van der Waals surface area (Å²) in [6.07, 6.45) is 0. The number of hydrogen-bond acceptors (Lipinski definition) is 6. The molecule has 0 heterocycles. The summed E-state index contributed by atoms with van der Waals surface area (Å²) in [5.74, 6) is 0. The third kappa shape index (κ3) is 635. The molecule has 0 aromatic heterocycles. The average molecular weight is 293 g/mol. The van der Waals surface area contributed by atoms with E-state index in [9.17, 15) is 0 Å². The van der Waals surface area contributed by atoms with Crippen molar-refractivity contribution < 1.29 is 41.9 Å². The molecule has 6 N–H and O–H groups in total. The van der Waals surface area contributed by atoms with Gasteiger partial charge in [0.05, 0.1) is 0 Å². The molecule has 0 aliphatic rings. The number of hydrogen-bond donors (Lipinski definition) is 6. The Balaban J connectivity index is -0.0000000400. The van der Waals surface area contributed by atoms with Crippen LogP contribution >= 0.6 is 0 Å². The van der Waals surface area contributed by atoms with Crippen molar-refractivity contribution in [2.75, 3.05) is 0 Å². The second-order valence-electron chi connectivity index (χ2n) is 0.200. The normalized spacial score (nSPS) is 5.14. The third-order valence-corrected chi connectivity index (χ3v) is 0. The minimum absolute atomic E-state index is 0.